The summed E-state index contributed by atoms with van der Waals surface area (Å²) in [7, 11) is 0. The summed E-state index contributed by atoms with van der Waals surface area (Å²) in [6, 6.07) is 0. The van der Waals surface area contributed by atoms with E-state index in [0.717, 1.165) is 37.4 Å². The molecule has 1 saturated carbocycles. The van der Waals surface area contributed by atoms with Crippen LogP contribution < -0.4 is 0 Å². The Balaban J connectivity index is 1.60. The molecule has 0 bridgehead atoms. The second-order valence-electron chi connectivity index (χ2n) is 6.51. The Morgan fingerprint density at radius 3 is 2.67 bits per heavy atom. The number of ether oxygens (including phenoxy) is 1. The van der Waals surface area contributed by atoms with Crippen LogP contribution in [0.3, 0.4) is 0 Å². The Bertz CT molecular complexity index is 294. The summed E-state index contributed by atoms with van der Waals surface area (Å²) in [5.74, 6) is 1.31. The maximum Gasteiger partial charge on any atom is 0.0583 e. The molecule has 0 amide bonds. The highest BCUT2D eigenvalue weighted by Crippen LogP contribution is 2.41. The number of fused-ring (bicyclic) bond motifs is 1. The number of aliphatic hydroxyl groups is 1. The Labute approximate surface area is 118 Å². The zero-order valence-electron chi connectivity index (χ0n) is 11.0. The lowest BCUT2D eigenvalue weighted by Crippen LogP contribution is -2.42. The van der Waals surface area contributed by atoms with Crippen molar-refractivity contribution in [2.24, 2.45) is 17.3 Å². The molecule has 4 heteroatoms. The molecule has 3 aliphatic rings. The van der Waals surface area contributed by atoms with Gasteiger partial charge in [-0.2, -0.15) is 0 Å². The quantitative estimate of drug-likeness (QED) is 0.807. The Morgan fingerprint density at radius 2 is 2.00 bits per heavy atom. The fourth-order valence-electron chi connectivity index (χ4n) is 4.07. The molecule has 3 nitrogen and oxygen atoms in total. The molecule has 0 aromatic carbocycles. The van der Waals surface area contributed by atoms with Crippen LogP contribution >= 0.6 is 15.9 Å². The number of halogens is 1. The molecule has 3 unspecified atom stereocenters. The normalized spacial score (nSPS) is 40.0. The van der Waals surface area contributed by atoms with Crippen molar-refractivity contribution in [3.05, 3.63) is 0 Å². The highest BCUT2D eigenvalue weighted by molar-refractivity contribution is 9.09. The van der Waals surface area contributed by atoms with Gasteiger partial charge in [0.1, 0.15) is 0 Å². The van der Waals surface area contributed by atoms with E-state index in [1.807, 2.05) is 0 Å². The van der Waals surface area contributed by atoms with Crippen LogP contribution in [-0.2, 0) is 4.74 Å². The topological polar surface area (TPSA) is 32.7 Å². The van der Waals surface area contributed by atoms with Crippen molar-refractivity contribution in [2.75, 3.05) is 38.2 Å². The predicted octanol–water partition coefficient (Wildman–Crippen LogP) is 1.88. The molecule has 1 aliphatic carbocycles. The van der Waals surface area contributed by atoms with Crippen LogP contribution in [0.2, 0.25) is 0 Å². The standard InChI is InChI=1S/C14H24BrNO2/c15-9-14(3-5-18-6-4-14)10-16-7-11-1-2-13(17)12(11)8-16/h11-13,17H,1-10H2. The summed E-state index contributed by atoms with van der Waals surface area (Å²) < 4.78 is 5.50. The minimum absolute atomic E-state index is 0.0328. The van der Waals surface area contributed by atoms with Crippen molar-refractivity contribution in [3.63, 3.8) is 0 Å². The smallest absolute Gasteiger partial charge is 0.0583 e. The van der Waals surface area contributed by atoms with Crippen LogP contribution in [0.1, 0.15) is 25.7 Å². The molecule has 2 aliphatic heterocycles. The molecular formula is C14H24BrNO2. The fourth-order valence-corrected chi connectivity index (χ4v) is 4.81. The summed E-state index contributed by atoms with van der Waals surface area (Å²) in [4.78, 5) is 2.60. The van der Waals surface area contributed by atoms with Crippen molar-refractivity contribution >= 4 is 15.9 Å². The summed E-state index contributed by atoms with van der Waals surface area (Å²) in [5.41, 5.74) is 0.405. The van der Waals surface area contributed by atoms with E-state index in [1.54, 1.807) is 0 Å². The van der Waals surface area contributed by atoms with Crippen molar-refractivity contribution in [1.82, 2.24) is 4.90 Å². The monoisotopic (exact) mass is 317 g/mol. The molecule has 18 heavy (non-hydrogen) atoms. The SMILES string of the molecule is OC1CCC2CN(CC3(CBr)CCOCC3)CC12. The van der Waals surface area contributed by atoms with E-state index in [2.05, 4.69) is 20.8 Å². The summed E-state index contributed by atoms with van der Waals surface area (Å²) >= 11 is 3.72. The van der Waals surface area contributed by atoms with Gasteiger partial charge in [-0.25, -0.2) is 0 Å². The van der Waals surface area contributed by atoms with Crippen molar-refractivity contribution in [2.45, 2.75) is 31.8 Å². The van der Waals surface area contributed by atoms with Gasteiger partial charge in [-0.1, -0.05) is 15.9 Å². The number of aliphatic hydroxyl groups excluding tert-OH is 1. The van der Waals surface area contributed by atoms with Gasteiger partial charge in [0.15, 0.2) is 0 Å². The van der Waals surface area contributed by atoms with Gasteiger partial charge in [-0.05, 0) is 37.0 Å². The Morgan fingerprint density at radius 1 is 1.22 bits per heavy atom. The van der Waals surface area contributed by atoms with Gasteiger partial charge in [-0.15, -0.1) is 0 Å². The number of rotatable bonds is 3. The molecule has 1 N–H and O–H groups in total. The average Bonchev–Trinajstić information content (AvgIpc) is 2.93. The summed E-state index contributed by atoms with van der Waals surface area (Å²) in [6.07, 6.45) is 4.57. The Hall–Kier alpha value is 0.360. The van der Waals surface area contributed by atoms with Gasteiger partial charge in [0.05, 0.1) is 6.10 Å². The first-order valence-corrected chi connectivity index (χ1v) is 8.39. The lowest BCUT2D eigenvalue weighted by atomic mass is 9.82. The molecule has 104 valence electrons. The van der Waals surface area contributed by atoms with E-state index in [-0.39, 0.29) is 6.10 Å². The van der Waals surface area contributed by atoms with Crippen LogP contribution in [0.15, 0.2) is 0 Å². The predicted molar refractivity (Wildman–Crippen MR) is 74.9 cm³/mol. The molecule has 3 rings (SSSR count). The zero-order valence-corrected chi connectivity index (χ0v) is 12.6. The fraction of sp³-hybridized carbons (Fsp3) is 1.00. The van der Waals surface area contributed by atoms with Crippen LogP contribution in [0, 0.1) is 17.3 Å². The van der Waals surface area contributed by atoms with Gasteiger partial charge in [0.25, 0.3) is 0 Å². The van der Waals surface area contributed by atoms with E-state index in [1.165, 1.54) is 32.4 Å². The van der Waals surface area contributed by atoms with Crippen LogP contribution in [0.4, 0.5) is 0 Å². The number of hydrogen-bond donors (Lipinski definition) is 1. The molecule has 0 aromatic heterocycles. The molecule has 0 aromatic rings. The molecule has 2 saturated heterocycles. The first kappa shape index (κ1) is 13.3. The first-order chi connectivity index (χ1) is 8.72. The third-order valence-corrected chi connectivity index (χ3v) is 6.48. The minimum atomic E-state index is -0.0328. The maximum atomic E-state index is 9.99. The number of alkyl halides is 1. The third-order valence-electron chi connectivity index (χ3n) is 5.29. The van der Waals surface area contributed by atoms with Crippen molar-refractivity contribution in [1.29, 1.82) is 0 Å². The van der Waals surface area contributed by atoms with E-state index < -0.39 is 0 Å². The lowest BCUT2D eigenvalue weighted by Gasteiger charge is -2.39. The van der Waals surface area contributed by atoms with Crippen LogP contribution in [0.25, 0.3) is 0 Å². The third kappa shape index (κ3) is 2.49. The molecule has 3 fully saturated rings. The van der Waals surface area contributed by atoms with Gasteiger partial charge < -0.3 is 14.7 Å². The molecule has 0 spiro atoms. The van der Waals surface area contributed by atoms with Gasteiger partial charge in [0, 0.05) is 44.1 Å². The van der Waals surface area contributed by atoms with E-state index in [4.69, 9.17) is 4.74 Å². The van der Waals surface area contributed by atoms with Gasteiger partial charge >= 0.3 is 0 Å². The van der Waals surface area contributed by atoms with E-state index >= 15 is 0 Å². The largest absolute Gasteiger partial charge is 0.393 e. The zero-order chi connectivity index (χ0) is 12.6. The van der Waals surface area contributed by atoms with Crippen LogP contribution in [0.5, 0.6) is 0 Å². The van der Waals surface area contributed by atoms with Crippen molar-refractivity contribution in [3.8, 4) is 0 Å². The summed E-state index contributed by atoms with van der Waals surface area (Å²) in [6.45, 7) is 5.32. The molecule has 2 heterocycles. The molecular weight excluding hydrogens is 294 g/mol. The van der Waals surface area contributed by atoms with Gasteiger partial charge in [-0.3, -0.25) is 0 Å². The highest BCUT2D eigenvalue weighted by atomic mass is 79.9. The Kier molecular flexibility index (Phi) is 4.00. The number of nitrogens with zero attached hydrogens (tertiary/aromatic N) is 1. The number of likely N-dealkylation sites (tertiary alicyclic amines) is 1. The summed E-state index contributed by atoms with van der Waals surface area (Å²) in [5, 5.41) is 11.1. The van der Waals surface area contributed by atoms with Crippen LogP contribution in [-0.4, -0.2) is 54.3 Å². The van der Waals surface area contributed by atoms with Crippen molar-refractivity contribution < 1.29 is 9.84 Å². The first-order valence-electron chi connectivity index (χ1n) is 7.27. The van der Waals surface area contributed by atoms with E-state index in [9.17, 15) is 5.11 Å². The van der Waals surface area contributed by atoms with Gasteiger partial charge in [0.2, 0.25) is 0 Å². The van der Waals surface area contributed by atoms with E-state index in [0.29, 0.717) is 11.3 Å². The second-order valence-corrected chi connectivity index (χ2v) is 7.07. The molecule has 3 atom stereocenters. The lowest BCUT2D eigenvalue weighted by molar-refractivity contribution is 0.00929. The molecule has 0 radical (unpaired) electrons. The number of hydrogen-bond acceptors (Lipinski definition) is 3. The minimum Gasteiger partial charge on any atom is -0.393 e. The highest BCUT2D eigenvalue weighted by Gasteiger charge is 2.44. The maximum absolute atomic E-state index is 9.99. The average molecular weight is 318 g/mol. The second kappa shape index (κ2) is 5.39.